The second kappa shape index (κ2) is 11.7. The zero-order valence-electron chi connectivity index (χ0n) is 21.1. The molecular formula is C28H38N2O2S. The molecule has 0 amide bonds. The van der Waals surface area contributed by atoms with Crippen molar-refractivity contribution in [3.63, 3.8) is 0 Å². The number of benzene rings is 2. The van der Waals surface area contributed by atoms with Crippen LogP contribution in [0.2, 0.25) is 0 Å². The van der Waals surface area contributed by atoms with E-state index in [-0.39, 0.29) is 5.92 Å². The third-order valence-electron chi connectivity index (χ3n) is 6.17. The van der Waals surface area contributed by atoms with Crippen LogP contribution in [0.4, 0.5) is 0 Å². The first-order valence-electron chi connectivity index (χ1n) is 12.0. The number of hydrogen-bond donors (Lipinski definition) is 0. The Hall–Kier alpha value is -2.34. The van der Waals surface area contributed by atoms with Crippen molar-refractivity contribution in [2.45, 2.75) is 54.4 Å². The summed E-state index contributed by atoms with van der Waals surface area (Å²) < 4.78 is 0. The van der Waals surface area contributed by atoms with Crippen molar-refractivity contribution in [1.29, 1.82) is 0 Å². The van der Waals surface area contributed by atoms with Gasteiger partial charge in [0.1, 0.15) is 11.5 Å². The molecule has 0 saturated carbocycles. The average molecular weight is 467 g/mol. The molecule has 178 valence electrons. The minimum atomic E-state index is 0.116. The highest BCUT2D eigenvalue weighted by molar-refractivity contribution is 7.10. The maximum absolute atomic E-state index is 6.18. The number of hydrogen-bond acceptors (Lipinski definition) is 5. The number of nitrogens with zero attached hydrogens (tertiary/aromatic N) is 2. The monoisotopic (exact) mass is 466 g/mol. The van der Waals surface area contributed by atoms with Crippen molar-refractivity contribution in [3.05, 3.63) is 80.5 Å². The molecule has 0 aliphatic heterocycles. The van der Waals surface area contributed by atoms with Gasteiger partial charge in [-0.1, -0.05) is 12.1 Å². The van der Waals surface area contributed by atoms with Crippen LogP contribution in [0.5, 0.6) is 11.5 Å². The first-order chi connectivity index (χ1) is 15.9. The molecule has 0 saturated heterocycles. The summed E-state index contributed by atoms with van der Waals surface area (Å²) in [5, 5.41) is 6.14. The van der Waals surface area contributed by atoms with Gasteiger partial charge >= 0.3 is 0 Å². The van der Waals surface area contributed by atoms with Gasteiger partial charge in [-0.3, -0.25) is 0 Å². The Morgan fingerprint density at radius 2 is 1.12 bits per heavy atom. The molecule has 3 rings (SSSR count). The quantitative estimate of drug-likeness (QED) is 0.281. The second-order valence-electron chi connectivity index (χ2n) is 8.35. The fraction of sp³-hybridized carbons (Fsp3) is 0.429. The second-order valence-corrected chi connectivity index (χ2v) is 9.30. The highest BCUT2D eigenvalue weighted by Crippen LogP contribution is 2.42. The van der Waals surface area contributed by atoms with E-state index in [9.17, 15) is 0 Å². The van der Waals surface area contributed by atoms with Crippen molar-refractivity contribution < 1.29 is 9.68 Å². The van der Waals surface area contributed by atoms with Gasteiger partial charge in [-0.2, -0.15) is 0 Å². The van der Waals surface area contributed by atoms with Crippen LogP contribution in [-0.4, -0.2) is 36.3 Å². The Morgan fingerprint density at radius 1 is 0.667 bits per heavy atom. The molecule has 0 bridgehead atoms. The van der Waals surface area contributed by atoms with Gasteiger partial charge in [-0.05, 0) is 112 Å². The van der Waals surface area contributed by atoms with E-state index in [2.05, 4.69) is 96.3 Å². The molecule has 0 spiro atoms. The lowest BCUT2D eigenvalue weighted by Gasteiger charge is -2.25. The number of aryl methyl sites for hydroxylation is 3. The van der Waals surface area contributed by atoms with E-state index in [0.717, 1.165) is 37.7 Å². The molecule has 33 heavy (non-hydrogen) atoms. The summed E-state index contributed by atoms with van der Waals surface area (Å²) in [6.45, 7) is 18.4. The van der Waals surface area contributed by atoms with Gasteiger partial charge < -0.3 is 9.68 Å². The van der Waals surface area contributed by atoms with Crippen LogP contribution in [0.25, 0.3) is 0 Å². The Kier molecular flexibility index (Phi) is 8.95. The fourth-order valence-corrected chi connectivity index (χ4v) is 5.17. The van der Waals surface area contributed by atoms with Gasteiger partial charge in [0, 0.05) is 37.0 Å². The number of hydroxylamine groups is 4. The predicted octanol–water partition coefficient (Wildman–Crippen LogP) is 7.12. The molecule has 4 nitrogen and oxygen atoms in total. The van der Waals surface area contributed by atoms with Crippen molar-refractivity contribution in [2.24, 2.45) is 0 Å². The standard InChI is InChI=1S/C28H38N2O2S/c1-8-29(9-2)31-23-14-12-20(5)25(18-23)27(28-22(7)16-17-33-28)26-19-24(15-13-21(26)6)32-30(10-3)11-4/h12-19,27H,8-11H2,1-7H3. The van der Waals surface area contributed by atoms with Crippen LogP contribution in [0.1, 0.15) is 66.3 Å². The predicted molar refractivity (Wildman–Crippen MR) is 139 cm³/mol. The molecule has 0 aliphatic carbocycles. The molecule has 2 aromatic carbocycles. The smallest absolute Gasteiger partial charge is 0.147 e. The van der Waals surface area contributed by atoms with Gasteiger partial charge in [-0.25, -0.2) is 0 Å². The molecule has 0 N–H and O–H groups in total. The highest BCUT2D eigenvalue weighted by Gasteiger charge is 2.25. The minimum Gasteiger partial charge on any atom is -0.406 e. The van der Waals surface area contributed by atoms with E-state index in [0.29, 0.717) is 0 Å². The van der Waals surface area contributed by atoms with Crippen molar-refractivity contribution in [2.75, 3.05) is 26.2 Å². The van der Waals surface area contributed by atoms with Crippen LogP contribution < -0.4 is 9.68 Å². The highest BCUT2D eigenvalue weighted by atomic mass is 32.1. The molecule has 0 aliphatic rings. The summed E-state index contributed by atoms with van der Waals surface area (Å²) in [5.41, 5.74) is 6.37. The number of thiophene rings is 1. The van der Waals surface area contributed by atoms with E-state index in [1.54, 1.807) is 0 Å². The van der Waals surface area contributed by atoms with Crippen molar-refractivity contribution >= 4 is 11.3 Å². The van der Waals surface area contributed by atoms with Gasteiger partial charge in [0.2, 0.25) is 0 Å². The van der Waals surface area contributed by atoms with Crippen LogP contribution in [0.15, 0.2) is 47.8 Å². The lowest BCUT2D eigenvalue weighted by Crippen LogP contribution is -2.27. The lowest BCUT2D eigenvalue weighted by molar-refractivity contribution is -0.0487. The van der Waals surface area contributed by atoms with Crippen LogP contribution in [0.3, 0.4) is 0 Å². The molecule has 0 unspecified atom stereocenters. The Labute approximate surface area is 203 Å². The first kappa shape index (κ1) is 25.3. The van der Waals surface area contributed by atoms with E-state index in [1.165, 1.54) is 32.7 Å². The van der Waals surface area contributed by atoms with Gasteiger partial charge in [0.15, 0.2) is 0 Å². The topological polar surface area (TPSA) is 24.9 Å². The first-order valence-corrected chi connectivity index (χ1v) is 12.9. The van der Waals surface area contributed by atoms with Gasteiger partial charge in [0.05, 0.1) is 0 Å². The lowest BCUT2D eigenvalue weighted by atomic mass is 9.84. The summed E-state index contributed by atoms with van der Waals surface area (Å²) in [6.07, 6.45) is 0. The normalized spacial score (nSPS) is 11.6. The van der Waals surface area contributed by atoms with Crippen molar-refractivity contribution in [3.8, 4) is 11.5 Å². The Balaban J connectivity index is 2.13. The van der Waals surface area contributed by atoms with E-state index < -0.39 is 0 Å². The van der Waals surface area contributed by atoms with E-state index >= 15 is 0 Å². The zero-order chi connectivity index (χ0) is 24.0. The number of rotatable bonds is 11. The average Bonchev–Trinajstić information content (AvgIpc) is 3.24. The van der Waals surface area contributed by atoms with E-state index in [4.69, 9.17) is 9.68 Å². The summed E-state index contributed by atoms with van der Waals surface area (Å²) in [7, 11) is 0. The molecular weight excluding hydrogens is 428 g/mol. The summed E-state index contributed by atoms with van der Waals surface area (Å²) in [4.78, 5) is 13.7. The largest absolute Gasteiger partial charge is 0.406 e. The third-order valence-corrected chi connectivity index (χ3v) is 7.25. The van der Waals surface area contributed by atoms with Crippen molar-refractivity contribution in [1.82, 2.24) is 10.1 Å². The Morgan fingerprint density at radius 3 is 1.48 bits per heavy atom. The summed E-state index contributed by atoms with van der Waals surface area (Å²) in [6, 6.07) is 15.1. The minimum absolute atomic E-state index is 0.116. The Bertz CT molecular complexity index is 975. The maximum atomic E-state index is 6.18. The zero-order valence-corrected chi connectivity index (χ0v) is 22.0. The fourth-order valence-electron chi connectivity index (χ4n) is 4.11. The molecule has 0 radical (unpaired) electrons. The van der Waals surface area contributed by atoms with Gasteiger partial charge in [-0.15, -0.1) is 21.5 Å². The maximum Gasteiger partial charge on any atom is 0.147 e. The molecule has 3 aromatic rings. The molecule has 1 aromatic heterocycles. The summed E-state index contributed by atoms with van der Waals surface area (Å²) >= 11 is 1.82. The molecule has 0 atom stereocenters. The van der Waals surface area contributed by atoms with Crippen LogP contribution in [0, 0.1) is 20.8 Å². The third kappa shape index (κ3) is 5.97. The molecule has 5 heteroatoms. The molecule has 1 heterocycles. The summed E-state index contributed by atoms with van der Waals surface area (Å²) in [5.74, 6) is 1.88. The molecule has 0 fully saturated rings. The van der Waals surface area contributed by atoms with Crippen LogP contribution >= 0.6 is 11.3 Å². The van der Waals surface area contributed by atoms with E-state index in [1.807, 2.05) is 21.5 Å². The van der Waals surface area contributed by atoms with Gasteiger partial charge in [0.25, 0.3) is 0 Å². The van der Waals surface area contributed by atoms with Crippen LogP contribution in [-0.2, 0) is 0 Å². The SMILES string of the molecule is CCN(CC)Oc1ccc(C)c(C(c2cc(ON(CC)CC)ccc2C)c2sccc2C)c1.